The summed E-state index contributed by atoms with van der Waals surface area (Å²) in [5, 5.41) is 0. The fraction of sp³-hybridized carbons (Fsp3) is 0.281. The molecule has 200 valence electrons. The first-order valence-corrected chi connectivity index (χ1v) is 14.2. The number of benzene rings is 3. The van der Waals surface area contributed by atoms with E-state index < -0.39 is 0 Å². The van der Waals surface area contributed by atoms with Crippen LogP contribution in [0.2, 0.25) is 0 Å². The Morgan fingerprint density at radius 3 is 1.87 bits per heavy atom. The molecule has 0 N–H and O–H groups in total. The molecule has 39 heavy (non-hydrogen) atoms. The number of rotatable bonds is 12. The molecule has 0 spiro atoms. The first-order valence-electron chi connectivity index (χ1n) is 13.5. The van der Waals surface area contributed by atoms with E-state index in [1.165, 1.54) is 11.7 Å². The van der Waals surface area contributed by atoms with E-state index in [1.54, 1.807) is 7.11 Å². The molecule has 0 aliphatic carbocycles. The zero-order chi connectivity index (χ0) is 27.0. The molecule has 2 aromatic heterocycles. The lowest BCUT2D eigenvalue weighted by molar-refractivity contribution is 0.309. The van der Waals surface area contributed by atoms with E-state index in [-0.39, 0.29) is 0 Å². The lowest BCUT2D eigenvalue weighted by atomic mass is 9.95. The molecular weight excluding hydrogens is 506 g/mol. The van der Waals surface area contributed by atoms with Crippen molar-refractivity contribution in [2.24, 2.45) is 0 Å². The maximum absolute atomic E-state index is 5.91. The first-order chi connectivity index (χ1) is 19.2. The Morgan fingerprint density at radius 1 is 0.667 bits per heavy atom. The number of methoxy groups -OCH3 is 1. The van der Waals surface area contributed by atoms with Crippen molar-refractivity contribution in [2.75, 3.05) is 20.3 Å². The van der Waals surface area contributed by atoms with Crippen molar-refractivity contribution in [1.29, 1.82) is 0 Å². The summed E-state index contributed by atoms with van der Waals surface area (Å²) in [5.74, 6) is 2.45. The highest BCUT2D eigenvalue weighted by atomic mass is 32.1. The molecule has 0 atom stereocenters. The molecule has 3 aromatic carbocycles. The van der Waals surface area contributed by atoms with Gasteiger partial charge in [-0.05, 0) is 66.9 Å². The molecule has 5 aromatic rings. The van der Waals surface area contributed by atoms with E-state index in [4.69, 9.17) is 23.6 Å². The van der Waals surface area contributed by atoms with Crippen molar-refractivity contribution in [3.63, 3.8) is 0 Å². The summed E-state index contributed by atoms with van der Waals surface area (Å²) < 4.78 is 27.0. The molecule has 0 unspecified atom stereocenters. The van der Waals surface area contributed by atoms with Crippen LogP contribution in [0.3, 0.4) is 0 Å². The predicted octanol–water partition coefficient (Wildman–Crippen LogP) is 8.45. The minimum absolute atomic E-state index is 0.710. The van der Waals surface area contributed by atoms with Crippen LogP contribution in [0.15, 0.2) is 72.8 Å². The van der Waals surface area contributed by atoms with Gasteiger partial charge < -0.3 is 14.2 Å². The van der Waals surface area contributed by atoms with Gasteiger partial charge in [0.1, 0.15) is 34.0 Å². The molecule has 7 heteroatoms. The average Bonchev–Trinajstić information content (AvgIpc) is 3.47. The maximum Gasteiger partial charge on any atom is 0.131 e. The monoisotopic (exact) mass is 539 g/mol. The summed E-state index contributed by atoms with van der Waals surface area (Å²) in [6.07, 6.45) is 4.26. The standard InChI is InChI=1S/C32H33N3O3S/c1-4-6-20-37-24-16-12-22(13-17-24)28-30(26-10-8-9-11-27(26)36-3)33-29(32-31(28)34-39-35-32)23-14-18-25(19-15-23)38-21-7-5-2/h8-19H,4-7,20-21H2,1-3H3. The second kappa shape index (κ2) is 12.7. The van der Waals surface area contributed by atoms with E-state index in [2.05, 4.69) is 30.4 Å². The van der Waals surface area contributed by atoms with Gasteiger partial charge in [-0.2, -0.15) is 8.75 Å². The molecule has 0 aliphatic rings. The molecule has 0 saturated heterocycles. The summed E-state index contributed by atoms with van der Waals surface area (Å²) in [4.78, 5) is 5.24. The number of unbranched alkanes of at least 4 members (excludes halogenated alkanes) is 2. The van der Waals surface area contributed by atoms with Crippen molar-refractivity contribution in [3.05, 3.63) is 72.8 Å². The number of pyridine rings is 1. The van der Waals surface area contributed by atoms with Gasteiger partial charge in [0.2, 0.25) is 0 Å². The minimum atomic E-state index is 0.710. The van der Waals surface area contributed by atoms with E-state index in [9.17, 15) is 0 Å². The average molecular weight is 540 g/mol. The van der Waals surface area contributed by atoms with Crippen LogP contribution >= 0.6 is 11.7 Å². The fourth-order valence-corrected chi connectivity index (χ4v) is 5.00. The van der Waals surface area contributed by atoms with E-state index in [0.29, 0.717) is 13.2 Å². The molecule has 0 saturated carbocycles. The van der Waals surface area contributed by atoms with Gasteiger partial charge in [0, 0.05) is 16.7 Å². The molecule has 0 radical (unpaired) electrons. The lowest BCUT2D eigenvalue weighted by Crippen LogP contribution is -1.99. The second-order valence-electron chi connectivity index (χ2n) is 9.30. The molecule has 0 fully saturated rings. The Labute approximate surface area is 233 Å². The molecule has 5 rings (SSSR count). The van der Waals surface area contributed by atoms with Crippen LogP contribution in [-0.4, -0.2) is 34.1 Å². The lowest BCUT2D eigenvalue weighted by Gasteiger charge is -2.16. The molecule has 0 aliphatic heterocycles. The third-order valence-electron chi connectivity index (χ3n) is 6.58. The number of para-hydroxylation sites is 1. The normalized spacial score (nSPS) is 11.1. The Bertz CT molecular complexity index is 1510. The molecule has 2 heterocycles. The van der Waals surface area contributed by atoms with Crippen LogP contribution in [0.25, 0.3) is 44.7 Å². The SMILES string of the molecule is CCCCOc1ccc(-c2nc(-c3ccccc3OC)c(-c3ccc(OCCCC)cc3)c3nsnc23)cc1. The van der Waals surface area contributed by atoms with Crippen molar-refractivity contribution in [3.8, 4) is 50.9 Å². The molecular formula is C32H33N3O3S. The number of hydrogen-bond donors (Lipinski definition) is 0. The van der Waals surface area contributed by atoms with Crippen LogP contribution in [0.1, 0.15) is 39.5 Å². The first kappa shape index (κ1) is 26.6. The fourth-order valence-electron chi connectivity index (χ4n) is 4.45. The van der Waals surface area contributed by atoms with Gasteiger partial charge >= 0.3 is 0 Å². The van der Waals surface area contributed by atoms with E-state index in [1.807, 2.05) is 60.7 Å². The van der Waals surface area contributed by atoms with Crippen LogP contribution in [0, 0.1) is 0 Å². The zero-order valence-corrected chi connectivity index (χ0v) is 23.5. The maximum atomic E-state index is 5.91. The van der Waals surface area contributed by atoms with Gasteiger partial charge in [0.15, 0.2) is 0 Å². The summed E-state index contributed by atoms with van der Waals surface area (Å²) >= 11 is 1.20. The molecule has 0 bridgehead atoms. The van der Waals surface area contributed by atoms with Gasteiger partial charge in [-0.3, -0.25) is 0 Å². The van der Waals surface area contributed by atoms with Crippen LogP contribution in [0.4, 0.5) is 0 Å². The Balaban J connectivity index is 1.64. The highest BCUT2D eigenvalue weighted by Gasteiger charge is 2.23. The topological polar surface area (TPSA) is 66.4 Å². The van der Waals surface area contributed by atoms with Gasteiger partial charge in [0.05, 0.1) is 37.7 Å². The van der Waals surface area contributed by atoms with Gasteiger partial charge in [-0.1, -0.05) is 51.0 Å². The van der Waals surface area contributed by atoms with Gasteiger partial charge in [-0.25, -0.2) is 4.98 Å². The highest BCUT2D eigenvalue weighted by molar-refractivity contribution is 7.00. The Morgan fingerprint density at radius 2 is 1.26 bits per heavy atom. The molecule has 0 amide bonds. The van der Waals surface area contributed by atoms with Crippen molar-refractivity contribution < 1.29 is 14.2 Å². The smallest absolute Gasteiger partial charge is 0.131 e. The van der Waals surface area contributed by atoms with Crippen LogP contribution < -0.4 is 14.2 Å². The van der Waals surface area contributed by atoms with Crippen LogP contribution in [-0.2, 0) is 0 Å². The number of fused-ring (bicyclic) bond motifs is 1. The third kappa shape index (κ3) is 5.88. The number of nitrogens with zero attached hydrogens (tertiary/aromatic N) is 3. The minimum Gasteiger partial charge on any atom is -0.496 e. The Hall–Kier alpha value is -3.97. The van der Waals surface area contributed by atoms with Gasteiger partial charge in [-0.15, -0.1) is 0 Å². The highest BCUT2D eigenvalue weighted by Crippen LogP contribution is 2.43. The molecule has 6 nitrogen and oxygen atoms in total. The van der Waals surface area contributed by atoms with Gasteiger partial charge in [0.25, 0.3) is 0 Å². The quantitative estimate of drug-likeness (QED) is 0.148. The van der Waals surface area contributed by atoms with Crippen LogP contribution in [0.5, 0.6) is 17.2 Å². The Kier molecular flexibility index (Phi) is 8.68. The summed E-state index contributed by atoms with van der Waals surface area (Å²) in [7, 11) is 1.68. The largest absolute Gasteiger partial charge is 0.496 e. The van der Waals surface area contributed by atoms with Crippen molar-refractivity contribution >= 4 is 22.8 Å². The number of aromatic nitrogens is 3. The zero-order valence-electron chi connectivity index (χ0n) is 22.6. The van der Waals surface area contributed by atoms with Crippen molar-refractivity contribution in [1.82, 2.24) is 13.7 Å². The third-order valence-corrected chi connectivity index (χ3v) is 7.10. The summed E-state index contributed by atoms with van der Waals surface area (Å²) in [6.45, 7) is 5.74. The summed E-state index contributed by atoms with van der Waals surface area (Å²) in [6, 6.07) is 24.2. The summed E-state index contributed by atoms with van der Waals surface area (Å²) in [5.41, 5.74) is 6.94. The predicted molar refractivity (Wildman–Crippen MR) is 159 cm³/mol. The number of hydrogen-bond acceptors (Lipinski definition) is 7. The van der Waals surface area contributed by atoms with E-state index >= 15 is 0 Å². The van der Waals surface area contributed by atoms with E-state index in [0.717, 1.165) is 87.6 Å². The van der Waals surface area contributed by atoms with Crippen molar-refractivity contribution in [2.45, 2.75) is 39.5 Å². The number of ether oxygens (including phenoxy) is 3. The second-order valence-corrected chi connectivity index (χ2v) is 9.83.